The Morgan fingerprint density at radius 1 is 1.36 bits per heavy atom. The average Bonchev–Trinajstić information content (AvgIpc) is 2.21. The molecule has 2 nitrogen and oxygen atoms in total. The summed E-state index contributed by atoms with van der Waals surface area (Å²) in [6, 6.07) is 2.90. The lowest BCUT2D eigenvalue weighted by Gasteiger charge is -2.12. The van der Waals surface area contributed by atoms with Gasteiger partial charge in [-0.25, -0.2) is 4.39 Å². The summed E-state index contributed by atoms with van der Waals surface area (Å²) >= 11 is 0. The summed E-state index contributed by atoms with van der Waals surface area (Å²) in [5.74, 6) is -2.11. The molecule has 0 aromatic heterocycles. The Bertz CT molecular complexity index is 328. The van der Waals surface area contributed by atoms with E-state index in [4.69, 9.17) is 5.73 Å². The minimum absolute atomic E-state index is 0.0875. The molecule has 14 heavy (non-hydrogen) atoms. The molecule has 78 valence electrons. The molecule has 0 amide bonds. The van der Waals surface area contributed by atoms with Crippen molar-refractivity contribution in [1.29, 1.82) is 0 Å². The van der Waals surface area contributed by atoms with Crippen LogP contribution in [0.4, 0.5) is 8.78 Å². The van der Waals surface area contributed by atoms with E-state index in [1.807, 2.05) is 0 Å². The highest BCUT2D eigenvalue weighted by molar-refractivity contribution is 5.32. The Kier molecular flexibility index (Phi) is 3.41. The predicted molar refractivity (Wildman–Crippen MR) is 50.4 cm³/mol. The van der Waals surface area contributed by atoms with Crippen molar-refractivity contribution >= 4 is 0 Å². The van der Waals surface area contributed by atoms with E-state index in [0.29, 0.717) is 0 Å². The summed E-state index contributed by atoms with van der Waals surface area (Å²) in [5, 5.41) is 0. The van der Waals surface area contributed by atoms with Gasteiger partial charge in [0.05, 0.1) is 7.11 Å². The zero-order chi connectivity index (χ0) is 10.7. The van der Waals surface area contributed by atoms with Crippen LogP contribution in [0.25, 0.3) is 0 Å². The average molecular weight is 201 g/mol. The van der Waals surface area contributed by atoms with E-state index in [1.54, 1.807) is 6.92 Å². The Hall–Kier alpha value is -1.16. The first-order valence-corrected chi connectivity index (χ1v) is 4.33. The van der Waals surface area contributed by atoms with Gasteiger partial charge in [-0.2, -0.15) is 4.39 Å². The minimum Gasteiger partial charge on any atom is -0.494 e. The van der Waals surface area contributed by atoms with Crippen LogP contribution in [0.3, 0.4) is 0 Å². The normalized spacial score (nSPS) is 12.6. The molecule has 0 aliphatic heterocycles. The third kappa shape index (κ3) is 1.85. The highest BCUT2D eigenvalue weighted by atomic mass is 19.2. The van der Waals surface area contributed by atoms with Gasteiger partial charge in [-0.05, 0) is 24.1 Å². The molecule has 1 unspecified atom stereocenters. The van der Waals surface area contributed by atoms with Gasteiger partial charge < -0.3 is 10.5 Å². The molecule has 0 radical (unpaired) electrons. The van der Waals surface area contributed by atoms with Gasteiger partial charge in [0.25, 0.3) is 0 Å². The molecule has 0 aliphatic rings. The molecule has 1 rings (SSSR count). The predicted octanol–water partition coefficient (Wildman–Crippen LogP) is 2.04. The van der Waals surface area contributed by atoms with Gasteiger partial charge in [0.1, 0.15) is 0 Å². The molecule has 4 heteroatoms. The van der Waals surface area contributed by atoms with E-state index < -0.39 is 11.6 Å². The number of methoxy groups -OCH3 is 1. The number of rotatable bonds is 3. The van der Waals surface area contributed by atoms with Crippen molar-refractivity contribution in [3.05, 3.63) is 29.3 Å². The van der Waals surface area contributed by atoms with E-state index in [-0.39, 0.29) is 23.8 Å². The zero-order valence-corrected chi connectivity index (χ0v) is 8.18. The number of halogens is 2. The SMILES string of the molecule is COc1ccc(C(C)CN)c(F)c1F. The maximum atomic E-state index is 13.4. The van der Waals surface area contributed by atoms with Crippen molar-refractivity contribution in [2.75, 3.05) is 13.7 Å². The Morgan fingerprint density at radius 2 is 2.00 bits per heavy atom. The second-order valence-corrected chi connectivity index (χ2v) is 3.12. The fraction of sp³-hybridized carbons (Fsp3) is 0.400. The topological polar surface area (TPSA) is 35.2 Å². The lowest BCUT2D eigenvalue weighted by molar-refractivity contribution is 0.369. The molecule has 1 aromatic carbocycles. The highest BCUT2D eigenvalue weighted by Gasteiger charge is 2.16. The van der Waals surface area contributed by atoms with Crippen molar-refractivity contribution in [1.82, 2.24) is 0 Å². The second kappa shape index (κ2) is 4.37. The molecule has 1 atom stereocenters. The van der Waals surface area contributed by atoms with Gasteiger partial charge in [0, 0.05) is 0 Å². The molecule has 0 saturated heterocycles. The summed E-state index contributed by atoms with van der Waals surface area (Å²) in [6.07, 6.45) is 0. The van der Waals surface area contributed by atoms with Crippen LogP contribution < -0.4 is 10.5 Å². The summed E-state index contributed by atoms with van der Waals surface area (Å²) in [4.78, 5) is 0. The van der Waals surface area contributed by atoms with Crippen LogP contribution in [0, 0.1) is 11.6 Å². The first-order valence-electron chi connectivity index (χ1n) is 4.33. The van der Waals surface area contributed by atoms with E-state index in [9.17, 15) is 8.78 Å². The number of hydrogen-bond acceptors (Lipinski definition) is 2. The van der Waals surface area contributed by atoms with Crippen LogP contribution >= 0.6 is 0 Å². The number of nitrogens with two attached hydrogens (primary N) is 1. The first-order chi connectivity index (χ1) is 6.61. The molecular weight excluding hydrogens is 188 g/mol. The third-order valence-corrected chi connectivity index (χ3v) is 2.18. The van der Waals surface area contributed by atoms with E-state index >= 15 is 0 Å². The lowest BCUT2D eigenvalue weighted by Crippen LogP contribution is -2.11. The standard InChI is InChI=1S/C10H13F2NO/c1-6(5-13)7-3-4-8(14-2)10(12)9(7)11/h3-4,6H,5,13H2,1-2H3. The molecule has 0 bridgehead atoms. The first kappa shape index (κ1) is 10.9. The van der Waals surface area contributed by atoms with Gasteiger partial charge in [-0.15, -0.1) is 0 Å². The van der Waals surface area contributed by atoms with Crippen molar-refractivity contribution in [3.63, 3.8) is 0 Å². The van der Waals surface area contributed by atoms with Gasteiger partial charge in [0.2, 0.25) is 5.82 Å². The summed E-state index contributed by atoms with van der Waals surface area (Å²) in [5.41, 5.74) is 5.66. The number of ether oxygens (including phenoxy) is 1. The van der Waals surface area contributed by atoms with Gasteiger partial charge >= 0.3 is 0 Å². The van der Waals surface area contributed by atoms with Crippen molar-refractivity contribution < 1.29 is 13.5 Å². The number of benzene rings is 1. The van der Waals surface area contributed by atoms with Crippen molar-refractivity contribution in [3.8, 4) is 5.75 Å². The van der Waals surface area contributed by atoms with E-state index in [0.717, 1.165) is 0 Å². The van der Waals surface area contributed by atoms with Gasteiger partial charge in [0.15, 0.2) is 11.6 Å². The fourth-order valence-corrected chi connectivity index (χ4v) is 1.21. The van der Waals surface area contributed by atoms with Crippen LogP contribution in [-0.4, -0.2) is 13.7 Å². The monoisotopic (exact) mass is 201 g/mol. The Balaban J connectivity index is 3.17. The van der Waals surface area contributed by atoms with Crippen LogP contribution in [-0.2, 0) is 0 Å². The van der Waals surface area contributed by atoms with E-state index in [1.165, 1.54) is 19.2 Å². The third-order valence-electron chi connectivity index (χ3n) is 2.18. The van der Waals surface area contributed by atoms with Crippen LogP contribution in [0.15, 0.2) is 12.1 Å². The summed E-state index contributed by atoms with van der Waals surface area (Å²) < 4.78 is 31.2. The molecule has 0 fully saturated rings. The maximum Gasteiger partial charge on any atom is 0.200 e. The van der Waals surface area contributed by atoms with E-state index in [2.05, 4.69) is 4.74 Å². The van der Waals surface area contributed by atoms with Gasteiger partial charge in [-0.3, -0.25) is 0 Å². The summed E-state index contributed by atoms with van der Waals surface area (Å²) in [7, 11) is 1.30. The molecule has 0 spiro atoms. The van der Waals surface area contributed by atoms with Crippen molar-refractivity contribution in [2.24, 2.45) is 5.73 Å². The zero-order valence-electron chi connectivity index (χ0n) is 8.18. The van der Waals surface area contributed by atoms with Crippen LogP contribution in [0.2, 0.25) is 0 Å². The second-order valence-electron chi connectivity index (χ2n) is 3.12. The Labute approximate surface area is 81.7 Å². The van der Waals surface area contributed by atoms with Crippen LogP contribution in [0.5, 0.6) is 5.75 Å². The highest BCUT2D eigenvalue weighted by Crippen LogP contribution is 2.26. The molecule has 2 N–H and O–H groups in total. The van der Waals surface area contributed by atoms with Crippen molar-refractivity contribution in [2.45, 2.75) is 12.8 Å². The van der Waals surface area contributed by atoms with Crippen LogP contribution in [0.1, 0.15) is 18.4 Å². The molecule has 1 aromatic rings. The minimum atomic E-state index is -0.953. The smallest absolute Gasteiger partial charge is 0.200 e. The number of hydrogen-bond donors (Lipinski definition) is 1. The largest absolute Gasteiger partial charge is 0.494 e. The lowest BCUT2D eigenvalue weighted by atomic mass is 10.0. The molecule has 0 aliphatic carbocycles. The maximum absolute atomic E-state index is 13.4. The molecule has 0 saturated carbocycles. The molecular formula is C10H13F2NO. The molecule has 0 heterocycles. The summed E-state index contributed by atoms with van der Waals surface area (Å²) in [6.45, 7) is 2.02. The fourth-order valence-electron chi connectivity index (χ4n) is 1.21. The Morgan fingerprint density at radius 3 is 2.50 bits per heavy atom. The quantitative estimate of drug-likeness (QED) is 0.812. The van der Waals surface area contributed by atoms with Gasteiger partial charge in [-0.1, -0.05) is 13.0 Å².